The second-order valence-electron chi connectivity index (χ2n) is 3.13. The summed E-state index contributed by atoms with van der Waals surface area (Å²) < 4.78 is 75.8. The van der Waals surface area contributed by atoms with E-state index in [4.69, 9.17) is 9.47 Å². The summed E-state index contributed by atoms with van der Waals surface area (Å²) in [6, 6.07) is 0. The molecule has 0 N–H and O–H groups in total. The zero-order chi connectivity index (χ0) is 14.7. The second-order valence-corrected chi connectivity index (χ2v) is 4.67. The van der Waals surface area contributed by atoms with Gasteiger partial charge in [0.15, 0.2) is 5.76 Å². The van der Waals surface area contributed by atoms with Crippen molar-refractivity contribution in [3.8, 4) is 0 Å². The van der Waals surface area contributed by atoms with E-state index in [-0.39, 0.29) is 13.2 Å². The molecule has 0 unspecified atom stereocenters. The summed E-state index contributed by atoms with van der Waals surface area (Å²) in [5.41, 5.74) is -5.63. The molecular weight excluding hydrogens is 297 g/mol. The molecule has 0 saturated heterocycles. The lowest BCUT2D eigenvalue weighted by atomic mass is 10.4. The molecule has 1 rings (SSSR count). The molecule has 0 fully saturated rings. The van der Waals surface area contributed by atoms with E-state index in [2.05, 4.69) is 8.92 Å². The Hall–Kier alpha value is -1.49. The lowest BCUT2D eigenvalue weighted by molar-refractivity contribution is -0.140. The predicted octanol–water partition coefficient (Wildman–Crippen LogP) is 0.284. The van der Waals surface area contributed by atoms with Gasteiger partial charge in [0.05, 0.1) is 13.7 Å². The van der Waals surface area contributed by atoms with E-state index in [1.807, 2.05) is 0 Å². The van der Waals surface area contributed by atoms with Crippen molar-refractivity contribution in [3.05, 3.63) is 11.5 Å². The maximum atomic E-state index is 12.2. The van der Waals surface area contributed by atoms with E-state index in [1.165, 1.54) is 0 Å². The van der Waals surface area contributed by atoms with Gasteiger partial charge in [-0.05, 0) is 0 Å². The maximum Gasteiger partial charge on any atom is 0.534 e. The molecular formula is C8H9F3O7S. The summed E-state index contributed by atoms with van der Waals surface area (Å²) in [7, 11) is -4.97. The molecule has 0 atom stereocenters. The number of hydrogen-bond acceptors (Lipinski definition) is 7. The molecule has 0 saturated carbocycles. The van der Waals surface area contributed by atoms with E-state index >= 15 is 0 Å². The second kappa shape index (κ2) is 5.65. The third kappa shape index (κ3) is 3.73. The minimum Gasteiger partial charge on any atom is -0.482 e. The Labute approximate surface area is 106 Å². The SMILES string of the molecule is COC(=O)C1=C(OS(=O)(=O)C(F)(F)F)COCCO1. The van der Waals surface area contributed by atoms with Crippen LogP contribution < -0.4 is 0 Å². The van der Waals surface area contributed by atoms with Crippen LogP contribution in [0.4, 0.5) is 13.2 Å². The van der Waals surface area contributed by atoms with E-state index in [0.29, 0.717) is 0 Å². The third-order valence-electron chi connectivity index (χ3n) is 1.83. The Morgan fingerprint density at radius 1 is 1.32 bits per heavy atom. The molecule has 0 bridgehead atoms. The molecule has 1 aliphatic heterocycles. The number of rotatable bonds is 3. The van der Waals surface area contributed by atoms with Crippen LogP contribution >= 0.6 is 0 Å². The summed E-state index contributed by atoms with van der Waals surface area (Å²) in [6.45, 7) is -0.886. The summed E-state index contributed by atoms with van der Waals surface area (Å²) in [4.78, 5) is 11.2. The highest BCUT2D eigenvalue weighted by molar-refractivity contribution is 7.87. The number of ether oxygens (including phenoxy) is 3. The quantitative estimate of drug-likeness (QED) is 0.420. The molecule has 0 radical (unpaired) electrons. The van der Waals surface area contributed by atoms with Gasteiger partial charge in [0, 0.05) is 0 Å². The van der Waals surface area contributed by atoms with E-state index in [1.54, 1.807) is 0 Å². The molecule has 7 nitrogen and oxygen atoms in total. The highest BCUT2D eigenvalue weighted by Gasteiger charge is 2.49. The Balaban J connectivity index is 3.11. The van der Waals surface area contributed by atoms with Crippen LogP contribution in [0.2, 0.25) is 0 Å². The number of halogens is 3. The van der Waals surface area contributed by atoms with Crippen molar-refractivity contribution < 1.29 is 44.8 Å². The molecule has 0 aromatic carbocycles. The summed E-state index contributed by atoms with van der Waals surface area (Å²) in [5.74, 6) is -2.85. The summed E-state index contributed by atoms with van der Waals surface area (Å²) in [6.07, 6.45) is 0. The Kier molecular flexibility index (Phi) is 4.63. The minimum atomic E-state index is -5.91. The molecule has 0 amide bonds. The number of hydrogen-bond donors (Lipinski definition) is 0. The molecule has 1 aliphatic rings. The summed E-state index contributed by atoms with van der Waals surface area (Å²) in [5, 5.41) is 0. The van der Waals surface area contributed by atoms with E-state index < -0.39 is 39.7 Å². The van der Waals surface area contributed by atoms with Gasteiger partial charge >= 0.3 is 21.6 Å². The molecule has 0 aliphatic carbocycles. The highest BCUT2D eigenvalue weighted by Crippen LogP contribution is 2.28. The van der Waals surface area contributed by atoms with Crippen molar-refractivity contribution in [2.45, 2.75) is 5.51 Å². The molecule has 0 aromatic rings. The van der Waals surface area contributed by atoms with Crippen LogP contribution in [0.25, 0.3) is 0 Å². The highest BCUT2D eigenvalue weighted by atomic mass is 32.2. The van der Waals surface area contributed by atoms with Crippen LogP contribution in [-0.2, 0) is 33.3 Å². The number of methoxy groups -OCH3 is 1. The monoisotopic (exact) mass is 306 g/mol. The lowest BCUT2D eigenvalue weighted by Crippen LogP contribution is -2.27. The largest absolute Gasteiger partial charge is 0.534 e. The van der Waals surface area contributed by atoms with E-state index in [9.17, 15) is 26.4 Å². The first-order chi connectivity index (χ1) is 8.69. The van der Waals surface area contributed by atoms with Crippen LogP contribution in [0.3, 0.4) is 0 Å². The van der Waals surface area contributed by atoms with Crippen LogP contribution in [0, 0.1) is 0 Å². The fraction of sp³-hybridized carbons (Fsp3) is 0.625. The van der Waals surface area contributed by atoms with Gasteiger partial charge < -0.3 is 18.4 Å². The molecule has 110 valence electrons. The average molecular weight is 306 g/mol. The van der Waals surface area contributed by atoms with Gasteiger partial charge in [-0.1, -0.05) is 0 Å². The molecule has 19 heavy (non-hydrogen) atoms. The first-order valence-corrected chi connectivity index (χ1v) is 6.12. The van der Waals surface area contributed by atoms with E-state index in [0.717, 1.165) is 7.11 Å². The van der Waals surface area contributed by atoms with Gasteiger partial charge in [-0.25, -0.2) is 4.79 Å². The van der Waals surface area contributed by atoms with Crippen LogP contribution in [0.1, 0.15) is 0 Å². The van der Waals surface area contributed by atoms with Crippen molar-refractivity contribution in [2.24, 2.45) is 0 Å². The molecule has 0 aromatic heterocycles. The Morgan fingerprint density at radius 3 is 2.47 bits per heavy atom. The van der Waals surface area contributed by atoms with Crippen LogP contribution in [-0.4, -0.2) is 46.8 Å². The first-order valence-electron chi connectivity index (χ1n) is 4.72. The first kappa shape index (κ1) is 15.6. The predicted molar refractivity (Wildman–Crippen MR) is 51.9 cm³/mol. The van der Waals surface area contributed by atoms with Gasteiger partial charge in [0.25, 0.3) is 0 Å². The van der Waals surface area contributed by atoms with Gasteiger partial charge in [0.1, 0.15) is 13.2 Å². The molecule has 1 heterocycles. The summed E-state index contributed by atoms with van der Waals surface area (Å²) >= 11 is 0. The molecule has 0 spiro atoms. The smallest absolute Gasteiger partial charge is 0.482 e. The van der Waals surface area contributed by atoms with Crippen molar-refractivity contribution in [3.63, 3.8) is 0 Å². The van der Waals surface area contributed by atoms with Gasteiger partial charge in [-0.15, -0.1) is 0 Å². The van der Waals surface area contributed by atoms with Crippen LogP contribution in [0.5, 0.6) is 0 Å². The van der Waals surface area contributed by atoms with Gasteiger partial charge in [-0.2, -0.15) is 21.6 Å². The number of carbonyl (C=O) groups excluding carboxylic acids is 1. The average Bonchev–Trinajstić information content (AvgIpc) is 2.51. The van der Waals surface area contributed by atoms with Gasteiger partial charge in [0.2, 0.25) is 5.76 Å². The number of carbonyl (C=O) groups is 1. The normalized spacial score (nSPS) is 17.5. The Morgan fingerprint density at radius 2 is 1.95 bits per heavy atom. The fourth-order valence-electron chi connectivity index (χ4n) is 1.02. The van der Waals surface area contributed by atoms with Crippen molar-refractivity contribution in [1.82, 2.24) is 0 Å². The fourth-order valence-corrected chi connectivity index (χ4v) is 1.50. The lowest BCUT2D eigenvalue weighted by Gasteiger charge is -2.13. The number of alkyl halides is 3. The topological polar surface area (TPSA) is 88.1 Å². The zero-order valence-electron chi connectivity index (χ0n) is 9.52. The number of esters is 1. The van der Waals surface area contributed by atoms with Crippen molar-refractivity contribution in [1.29, 1.82) is 0 Å². The standard InChI is InChI=1S/C8H9F3O7S/c1-15-7(12)6-5(4-16-2-3-17-6)18-19(13,14)8(9,10)11/h2-4H2,1H3. The van der Waals surface area contributed by atoms with Crippen LogP contribution in [0.15, 0.2) is 11.5 Å². The van der Waals surface area contributed by atoms with Crippen molar-refractivity contribution >= 4 is 16.1 Å². The Bertz CT molecular complexity index is 479. The maximum absolute atomic E-state index is 12.2. The zero-order valence-corrected chi connectivity index (χ0v) is 10.3. The third-order valence-corrected chi connectivity index (χ3v) is 2.81. The molecule has 11 heteroatoms. The van der Waals surface area contributed by atoms with Gasteiger partial charge in [-0.3, -0.25) is 0 Å². The minimum absolute atomic E-state index is 0.0561. The van der Waals surface area contributed by atoms with Crippen molar-refractivity contribution in [2.75, 3.05) is 26.9 Å².